The van der Waals surface area contributed by atoms with E-state index < -0.39 is 0 Å². The molecule has 0 aliphatic heterocycles. The highest BCUT2D eigenvalue weighted by atomic mass is 127. The van der Waals surface area contributed by atoms with E-state index in [-0.39, 0.29) is 0 Å². The Balaban J connectivity index is 2.05. The number of aromatic nitrogens is 3. The molecule has 3 rings (SSSR count). The summed E-state index contributed by atoms with van der Waals surface area (Å²) in [5.41, 5.74) is 0.946. The second-order valence-electron chi connectivity index (χ2n) is 3.61. The van der Waals surface area contributed by atoms with Crippen LogP contribution in [0.2, 0.25) is 5.02 Å². The molecule has 3 aromatic rings. The van der Waals surface area contributed by atoms with Gasteiger partial charge in [0.2, 0.25) is 0 Å². The Morgan fingerprint density at radius 3 is 2.94 bits per heavy atom. The fourth-order valence-corrected chi connectivity index (χ4v) is 2.99. The first kappa shape index (κ1) is 12.1. The molecular formula is C12H7ClIN3S. The standard InChI is InChI=1S/C12H7ClIN3S/c13-7-3-4-9(14)8(6-7)11-15-12(17-16-11)10-2-1-5-18-10/h1-6H,(H,15,16,17). The van der Waals surface area contributed by atoms with Gasteiger partial charge >= 0.3 is 0 Å². The number of hydrogen-bond acceptors (Lipinski definition) is 3. The van der Waals surface area contributed by atoms with Gasteiger partial charge in [-0.2, -0.15) is 5.10 Å². The predicted octanol–water partition coefficient (Wildman–Crippen LogP) is 4.46. The zero-order valence-electron chi connectivity index (χ0n) is 9.02. The Kier molecular flexibility index (Phi) is 3.36. The Morgan fingerprint density at radius 1 is 1.28 bits per heavy atom. The van der Waals surface area contributed by atoms with Crippen LogP contribution in [0.5, 0.6) is 0 Å². The number of aromatic amines is 1. The number of thiophene rings is 1. The third-order valence-corrected chi connectivity index (χ3v) is 4.46. The average Bonchev–Trinajstić information content (AvgIpc) is 3.00. The molecule has 0 saturated carbocycles. The summed E-state index contributed by atoms with van der Waals surface area (Å²) in [6, 6.07) is 9.70. The van der Waals surface area contributed by atoms with Crippen LogP contribution in [0, 0.1) is 3.57 Å². The third-order valence-electron chi connectivity index (χ3n) is 2.41. The monoisotopic (exact) mass is 387 g/mol. The summed E-state index contributed by atoms with van der Waals surface area (Å²) >= 11 is 9.89. The van der Waals surface area contributed by atoms with Gasteiger partial charge in [-0.1, -0.05) is 17.7 Å². The SMILES string of the molecule is Clc1ccc(I)c(-c2n[nH]c(-c3cccs3)n2)c1. The summed E-state index contributed by atoms with van der Waals surface area (Å²) in [7, 11) is 0. The lowest BCUT2D eigenvalue weighted by atomic mass is 10.2. The highest BCUT2D eigenvalue weighted by Gasteiger charge is 2.11. The third kappa shape index (κ3) is 2.30. The topological polar surface area (TPSA) is 41.6 Å². The molecule has 0 spiro atoms. The van der Waals surface area contributed by atoms with E-state index >= 15 is 0 Å². The first-order chi connectivity index (χ1) is 8.74. The van der Waals surface area contributed by atoms with Crippen LogP contribution < -0.4 is 0 Å². The van der Waals surface area contributed by atoms with Crippen molar-refractivity contribution in [2.24, 2.45) is 0 Å². The van der Waals surface area contributed by atoms with E-state index in [1.807, 2.05) is 35.7 Å². The lowest BCUT2D eigenvalue weighted by Gasteiger charge is -1.99. The normalized spacial score (nSPS) is 10.8. The largest absolute Gasteiger partial charge is 0.258 e. The van der Waals surface area contributed by atoms with Crippen molar-refractivity contribution in [3.8, 4) is 22.1 Å². The molecule has 0 bridgehead atoms. The maximum Gasteiger partial charge on any atom is 0.182 e. The van der Waals surface area contributed by atoms with Gasteiger partial charge in [-0.25, -0.2) is 4.98 Å². The Morgan fingerprint density at radius 2 is 2.17 bits per heavy atom. The summed E-state index contributed by atoms with van der Waals surface area (Å²) in [6.07, 6.45) is 0. The summed E-state index contributed by atoms with van der Waals surface area (Å²) in [5.74, 6) is 1.46. The van der Waals surface area contributed by atoms with Crippen LogP contribution in [0.25, 0.3) is 22.1 Å². The Labute approximate surface area is 126 Å². The molecule has 0 atom stereocenters. The molecule has 0 amide bonds. The summed E-state index contributed by atoms with van der Waals surface area (Å²) in [6.45, 7) is 0. The maximum atomic E-state index is 6.01. The van der Waals surface area contributed by atoms with Gasteiger partial charge in [0, 0.05) is 14.2 Å². The molecule has 0 aliphatic rings. The van der Waals surface area contributed by atoms with E-state index in [0.29, 0.717) is 10.8 Å². The van der Waals surface area contributed by atoms with E-state index in [2.05, 4.69) is 37.8 Å². The smallest absolute Gasteiger partial charge is 0.182 e. The number of hydrogen-bond donors (Lipinski definition) is 1. The fraction of sp³-hybridized carbons (Fsp3) is 0. The second kappa shape index (κ2) is 4.99. The minimum atomic E-state index is 0.672. The molecule has 6 heteroatoms. The van der Waals surface area contributed by atoms with Crippen molar-refractivity contribution in [1.29, 1.82) is 0 Å². The van der Waals surface area contributed by atoms with Gasteiger partial charge in [-0.3, -0.25) is 5.10 Å². The number of nitrogens with zero attached hydrogens (tertiary/aromatic N) is 2. The van der Waals surface area contributed by atoms with Crippen LogP contribution in [0.4, 0.5) is 0 Å². The quantitative estimate of drug-likeness (QED) is 0.660. The fourth-order valence-electron chi connectivity index (χ4n) is 1.57. The van der Waals surface area contributed by atoms with E-state index in [0.717, 1.165) is 19.8 Å². The highest BCUT2D eigenvalue weighted by Crippen LogP contribution is 2.28. The van der Waals surface area contributed by atoms with Crippen LogP contribution in [0.1, 0.15) is 0 Å². The lowest BCUT2D eigenvalue weighted by molar-refractivity contribution is 1.10. The molecule has 1 N–H and O–H groups in total. The van der Waals surface area contributed by atoms with Crippen LogP contribution in [0.3, 0.4) is 0 Å². The number of halogens is 2. The molecule has 0 aliphatic carbocycles. The molecule has 0 fully saturated rings. The second-order valence-corrected chi connectivity index (χ2v) is 6.16. The van der Waals surface area contributed by atoms with Crippen molar-refractivity contribution in [3.63, 3.8) is 0 Å². The van der Waals surface area contributed by atoms with Crippen LogP contribution in [-0.4, -0.2) is 15.2 Å². The zero-order valence-corrected chi connectivity index (χ0v) is 12.8. The summed E-state index contributed by atoms with van der Waals surface area (Å²) in [5, 5.41) is 9.91. The number of nitrogens with one attached hydrogen (secondary N) is 1. The van der Waals surface area contributed by atoms with Crippen molar-refractivity contribution in [2.45, 2.75) is 0 Å². The van der Waals surface area contributed by atoms with E-state index in [9.17, 15) is 0 Å². The molecule has 90 valence electrons. The zero-order chi connectivity index (χ0) is 12.5. The molecular weight excluding hydrogens is 381 g/mol. The summed E-state index contributed by atoms with van der Waals surface area (Å²) in [4.78, 5) is 5.58. The number of H-pyrrole nitrogens is 1. The van der Waals surface area contributed by atoms with Gasteiger partial charge in [-0.05, 0) is 52.2 Å². The highest BCUT2D eigenvalue weighted by molar-refractivity contribution is 14.1. The molecule has 0 radical (unpaired) electrons. The molecule has 3 nitrogen and oxygen atoms in total. The van der Waals surface area contributed by atoms with E-state index in [1.165, 1.54) is 0 Å². The molecule has 2 aromatic heterocycles. The van der Waals surface area contributed by atoms with Gasteiger partial charge in [0.05, 0.1) is 4.88 Å². The molecule has 18 heavy (non-hydrogen) atoms. The van der Waals surface area contributed by atoms with E-state index in [4.69, 9.17) is 11.6 Å². The van der Waals surface area contributed by atoms with Gasteiger partial charge in [0.1, 0.15) is 0 Å². The van der Waals surface area contributed by atoms with Crippen LogP contribution in [0.15, 0.2) is 35.7 Å². The molecule has 0 unspecified atom stereocenters. The van der Waals surface area contributed by atoms with Gasteiger partial charge in [0.25, 0.3) is 0 Å². The predicted molar refractivity (Wildman–Crippen MR) is 82.9 cm³/mol. The molecule has 1 aromatic carbocycles. The maximum absolute atomic E-state index is 6.01. The number of rotatable bonds is 2. The van der Waals surface area contributed by atoms with Crippen molar-refractivity contribution < 1.29 is 0 Å². The first-order valence-corrected chi connectivity index (χ1v) is 7.49. The molecule has 2 heterocycles. The van der Waals surface area contributed by atoms with Crippen molar-refractivity contribution in [3.05, 3.63) is 44.3 Å². The first-order valence-electron chi connectivity index (χ1n) is 5.16. The average molecular weight is 388 g/mol. The van der Waals surface area contributed by atoms with Crippen molar-refractivity contribution in [1.82, 2.24) is 15.2 Å². The van der Waals surface area contributed by atoms with Crippen molar-refractivity contribution >= 4 is 45.5 Å². The summed E-state index contributed by atoms with van der Waals surface area (Å²) < 4.78 is 1.08. The Bertz CT molecular complexity index is 678. The van der Waals surface area contributed by atoms with Gasteiger partial charge in [-0.15, -0.1) is 11.3 Å². The minimum Gasteiger partial charge on any atom is -0.258 e. The minimum absolute atomic E-state index is 0.672. The van der Waals surface area contributed by atoms with Crippen LogP contribution >= 0.6 is 45.5 Å². The van der Waals surface area contributed by atoms with Gasteiger partial charge < -0.3 is 0 Å². The Hall–Kier alpha value is -0.920. The molecule has 0 saturated heterocycles. The number of benzene rings is 1. The lowest BCUT2D eigenvalue weighted by Crippen LogP contribution is -1.85. The van der Waals surface area contributed by atoms with Gasteiger partial charge in [0.15, 0.2) is 11.6 Å². The van der Waals surface area contributed by atoms with E-state index in [1.54, 1.807) is 11.3 Å². The van der Waals surface area contributed by atoms with Crippen molar-refractivity contribution in [2.75, 3.05) is 0 Å². The van der Waals surface area contributed by atoms with Crippen LogP contribution in [-0.2, 0) is 0 Å².